The van der Waals surface area contributed by atoms with Crippen LogP contribution in [-0.4, -0.2) is 17.7 Å². The molecule has 0 aliphatic rings. The van der Waals surface area contributed by atoms with E-state index in [1.807, 2.05) is 6.07 Å². The van der Waals surface area contributed by atoms with Gasteiger partial charge in [0.25, 0.3) is 0 Å². The normalized spacial score (nSPS) is 11.5. The molecule has 0 fully saturated rings. The van der Waals surface area contributed by atoms with Crippen LogP contribution in [0.1, 0.15) is 0 Å². The molecule has 1 aromatic heterocycles. The lowest BCUT2D eigenvalue weighted by atomic mass is 10.8. The summed E-state index contributed by atoms with van der Waals surface area (Å²) < 4.78 is 4.64. The van der Waals surface area contributed by atoms with Crippen molar-refractivity contribution in [2.24, 2.45) is 0 Å². The predicted octanol–water partition coefficient (Wildman–Crippen LogP) is 1.29. The number of nitrogens with zero attached hydrogens (tertiary/aromatic N) is 1. The summed E-state index contributed by atoms with van der Waals surface area (Å²) in [6.45, 7) is 0. The van der Waals surface area contributed by atoms with Gasteiger partial charge in [0, 0.05) is 6.07 Å². The Morgan fingerprint density at radius 2 is 2.38 bits per heavy atom. The van der Waals surface area contributed by atoms with Gasteiger partial charge in [0.15, 0.2) is 0 Å². The monoisotopic (exact) mass is 131 g/mol. The molecule has 0 amide bonds. The van der Waals surface area contributed by atoms with E-state index < -0.39 is 0 Å². The molecule has 0 bridgehead atoms. The van der Waals surface area contributed by atoms with Crippen LogP contribution < -0.4 is 0 Å². The summed E-state index contributed by atoms with van der Waals surface area (Å²) in [6, 6.07) is 1.91. The summed E-state index contributed by atoms with van der Waals surface area (Å²) in [4.78, 5) is 0. The summed E-state index contributed by atoms with van der Waals surface area (Å²) in [5, 5.41) is 4.85. The van der Waals surface area contributed by atoms with E-state index in [1.54, 1.807) is 6.26 Å². The molecule has 0 aliphatic carbocycles. The molecule has 3 heteroatoms. The van der Waals surface area contributed by atoms with Gasteiger partial charge in [-0.15, -0.1) is 0 Å². The Balaban J connectivity index is 2.77. The molecule has 2 nitrogen and oxygen atoms in total. The van der Waals surface area contributed by atoms with E-state index in [4.69, 9.17) is 0 Å². The molecule has 0 aliphatic heterocycles. The molecule has 46 valence electrons. The van der Waals surface area contributed by atoms with Gasteiger partial charge in [0.1, 0.15) is 11.3 Å². The van der Waals surface area contributed by atoms with E-state index in [0.717, 1.165) is 5.03 Å². The minimum atomic E-state index is -0.0634. The summed E-state index contributed by atoms with van der Waals surface area (Å²) in [6.07, 6.45) is 5.90. The van der Waals surface area contributed by atoms with Crippen molar-refractivity contribution in [2.75, 3.05) is 12.5 Å². The summed E-state index contributed by atoms with van der Waals surface area (Å²) >= 11 is 0. The van der Waals surface area contributed by atoms with Gasteiger partial charge < -0.3 is 4.52 Å². The van der Waals surface area contributed by atoms with Crippen molar-refractivity contribution in [1.29, 1.82) is 0 Å². The molecule has 0 atom stereocenters. The van der Waals surface area contributed by atoms with Crippen molar-refractivity contribution in [3.8, 4) is 0 Å². The Labute approximate surface area is 51.2 Å². The molecule has 8 heavy (non-hydrogen) atoms. The van der Waals surface area contributed by atoms with Crippen LogP contribution in [-0.2, 0) is 0 Å². The van der Waals surface area contributed by atoms with Crippen LogP contribution >= 0.6 is 10.9 Å². The Kier molecular flexibility index (Phi) is 1.58. The summed E-state index contributed by atoms with van der Waals surface area (Å²) in [5.41, 5.74) is 0. The Hall–Kier alpha value is -0.440. The first kappa shape index (κ1) is 5.69. The van der Waals surface area contributed by atoms with Crippen LogP contribution in [0.2, 0.25) is 0 Å². The first-order valence-corrected chi connectivity index (χ1v) is 4.62. The maximum atomic E-state index is 4.64. The van der Waals surface area contributed by atoms with Crippen molar-refractivity contribution >= 4 is 10.9 Å². The van der Waals surface area contributed by atoms with E-state index in [1.165, 1.54) is 0 Å². The SMILES string of the molecule is C[SH](C)c1ccon1. The summed E-state index contributed by atoms with van der Waals surface area (Å²) in [5.74, 6) is 0. The number of aromatic nitrogens is 1. The van der Waals surface area contributed by atoms with Gasteiger partial charge in [-0.2, -0.15) is 0 Å². The molecule has 0 N–H and O–H groups in total. The van der Waals surface area contributed by atoms with Gasteiger partial charge in [0.2, 0.25) is 0 Å². The highest BCUT2D eigenvalue weighted by Gasteiger charge is 1.94. The lowest BCUT2D eigenvalue weighted by Gasteiger charge is -1.99. The van der Waals surface area contributed by atoms with Gasteiger partial charge >= 0.3 is 0 Å². The van der Waals surface area contributed by atoms with E-state index >= 15 is 0 Å². The van der Waals surface area contributed by atoms with Crippen LogP contribution in [0.4, 0.5) is 0 Å². The molecular weight excluding hydrogens is 122 g/mol. The second kappa shape index (κ2) is 2.22. The maximum Gasteiger partial charge on any atom is 0.124 e. The zero-order chi connectivity index (χ0) is 5.98. The van der Waals surface area contributed by atoms with Gasteiger partial charge in [-0.05, 0) is 12.5 Å². The molecule has 0 saturated heterocycles. The quantitative estimate of drug-likeness (QED) is 0.581. The average Bonchev–Trinajstić information content (AvgIpc) is 2.12. The number of hydrogen-bond acceptors (Lipinski definition) is 2. The van der Waals surface area contributed by atoms with Crippen LogP contribution in [0.5, 0.6) is 0 Å². The molecule has 0 aromatic carbocycles. The predicted molar refractivity (Wildman–Crippen MR) is 35.6 cm³/mol. The maximum absolute atomic E-state index is 4.64. The van der Waals surface area contributed by atoms with Crippen LogP contribution in [0.25, 0.3) is 0 Å². The van der Waals surface area contributed by atoms with E-state index in [2.05, 4.69) is 22.2 Å². The molecule has 1 heterocycles. The average molecular weight is 131 g/mol. The first-order chi connectivity index (χ1) is 3.80. The zero-order valence-corrected chi connectivity index (χ0v) is 5.85. The van der Waals surface area contributed by atoms with E-state index in [0.29, 0.717) is 0 Å². The van der Waals surface area contributed by atoms with Gasteiger partial charge in [-0.3, -0.25) is 0 Å². The molecular formula is C5H9NOS. The van der Waals surface area contributed by atoms with Crippen LogP contribution in [0.15, 0.2) is 21.9 Å². The van der Waals surface area contributed by atoms with Crippen molar-refractivity contribution in [2.45, 2.75) is 5.03 Å². The molecule has 0 unspecified atom stereocenters. The molecule has 0 radical (unpaired) electrons. The minimum absolute atomic E-state index is 0.0634. The molecule has 0 saturated carbocycles. The van der Waals surface area contributed by atoms with E-state index in [-0.39, 0.29) is 10.9 Å². The Bertz CT molecular complexity index is 147. The topological polar surface area (TPSA) is 26.0 Å². The Morgan fingerprint density at radius 3 is 2.62 bits per heavy atom. The highest BCUT2D eigenvalue weighted by Crippen LogP contribution is 2.24. The van der Waals surface area contributed by atoms with E-state index in [9.17, 15) is 0 Å². The largest absolute Gasteiger partial charge is 0.364 e. The molecule has 0 spiro atoms. The van der Waals surface area contributed by atoms with Crippen molar-refractivity contribution in [3.05, 3.63) is 12.3 Å². The molecule has 1 rings (SSSR count). The lowest BCUT2D eigenvalue weighted by Crippen LogP contribution is -1.73. The highest BCUT2D eigenvalue weighted by atomic mass is 32.2. The fourth-order valence-corrected chi connectivity index (χ4v) is 1.01. The second-order valence-corrected chi connectivity index (χ2v) is 4.00. The minimum Gasteiger partial charge on any atom is -0.364 e. The van der Waals surface area contributed by atoms with Gasteiger partial charge in [-0.1, -0.05) is 5.16 Å². The van der Waals surface area contributed by atoms with Crippen LogP contribution in [0.3, 0.4) is 0 Å². The van der Waals surface area contributed by atoms with Gasteiger partial charge in [-0.25, -0.2) is 10.9 Å². The first-order valence-electron chi connectivity index (χ1n) is 2.38. The highest BCUT2D eigenvalue weighted by molar-refractivity contribution is 8.15. The van der Waals surface area contributed by atoms with Crippen molar-refractivity contribution in [1.82, 2.24) is 5.16 Å². The fraction of sp³-hybridized carbons (Fsp3) is 0.400. The third-order valence-electron chi connectivity index (χ3n) is 0.882. The zero-order valence-electron chi connectivity index (χ0n) is 4.96. The third kappa shape index (κ3) is 1.04. The van der Waals surface area contributed by atoms with Gasteiger partial charge in [0.05, 0.1) is 0 Å². The fourth-order valence-electron chi connectivity index (χ4n) is 0.437. The number of rotatable bonds is 1. The van der Waals surface area contributed by atoms with Crippen molar-refractivity contribution in [3.63, 3.8) is 0 Å². The second-order valence-electron chi connectivity index (χ2n) is 1.75. The molecule has 1 aromatic rings. The van der Waals surface area contributed by atoms with Crippen LogP contribution in [0, 0.1) is 0 Å². The lowest BCUT2D eigenvalue weighted by molar-refractivity contribution is 0.404. The van der Waals surface area contributed by atoms with Crippen molar-refractivity contribution < 1.29 is 4.52 Å². The Morgan fingerprint density at radius 1 is 1.62 bits per heavy atom. The third-order valence-corrected chi connectivity index (χ3v) is 2.03. The number of hydrogen-bond donors (Lipinski definition) is 1. The number of thiol groups is 1. The smallest absolute Gasteiger partial charge is 0.124 e. The standard InChI is InChI=1S/C5H9NOS/c1-8(2)5-3-4-7-6-5/h3-4,8H,1-2H3. The summed E-state index contributed by atoms with van der Waals surface area (Å²) in [7, 11) is -0.0634.